The molecule has 4 rings (SSSR count). The van der Waals surface area contributed by atoms with Gasteiger partial charge in [-0.25, -0.2) is 4.39 Å². The Hall–Kier alpha value is -2.90. The third kappa shape index (κ3) is 4.93. The molecule has 7 heteroatoms. The van der Waals surface area contributed by atoms with Crippen molar-refractivity contribution in [2.24, 2.45) is 0 Å². The van der Waals surface area contributed by atoms with E-state index in [9.17, 15) is 4.39 Å². The summed E-state index contributed by atoms with van der Waals surface area (Å²) in [6.45, 7) is 3.49. The summed E-state index contributed by atoms with van der Waals surface area (Å²) in [5, 5.41) is 7.32. The van der Waals surface area contributed by atoms with E-state index in [1.165, 1.54) is 17.7 Å². The van der Waals surface area contributed by atoms with Gasteiger partial charge in [0.25, 0.3) is 0 Å². The van der Waals surface area contributed by atoms with Gasteiger partial charge in [-0.15, -0.1) is 0 Å². The van der Waals surface area contributed by atoms with Gasteiger partial charge in [0.15, 0.2) is 5.82 Å². The summed E-state index contributed by atoms with van der Waals surface area (Å²) in [7, 11) is 1.66. The second-order valence-electron chi connectivity index (χ2n) is 7.02. The van der Waals surface area contributed by atoms with Gasteiger partial charge in [0.05, 0.1) is 12.2 Å². The summed E-state index contributed by atoms with van der Waals surface area (Å²) in [5.41, 5.74) is 2.85. The number of anilines is 2. The normalized spacial score (nSPS) is 13.9. The van der Waals surface area contributed by atoms with Gasteiger partial charge in [0.2, 0.25) is 0 Å². The van der Waals surface area contributed by atoms with Crippen LogP contribution in [0.2, 0.25) is 0 Å². The zero-order chi connectivity index (χ0) is 20.1. The predicted molar refractivity (Wildman–Crippen MR) is 108 cm³/mol. The number of ether oxygens (including phenoxy) is 2. The van der Waals surface area contributed by atoms with Crippen molar-refractivity contribution in [2.45, 2.75) is 19.5 Å². The van der Waals surface area contributed by atoms with Crippen LogP contribution in [0.4, 0.5) is 15.9 Å². The van der Waals surface area contributed by atoms with Crippen molar-refractivity contribution in [3.05, 3.63) is 71.2 Å². The zero-order valence-corrected chi connectivity index (χ0v) is 16.4. The van der Waals surface area contributed by atoms with Gasteiger partial charge < -0.3 is 19.3 Å². The van der Waals surface area contributed by atoms with Crippen LogP contribution in [0.1, 0.15) is 16.9 Å². The molecule has 0 amide bonds. The molecule has 0 saturated heterocycles. The van der Waals surface area contributed by atoms with Crippen LogP contribution in [0, 0.1) is 5.82 Å². The third-order valence-electron chi connectivity index (χ3n) is 4.85. The topological polar surface area (TPSA) is 59.8 Å². The lowest BCUT2D eigenvalue weighted by atomic mass is 10.1. The van der Waals surface area contributed by atoms with Crippen molar-refractivity contribution < 1.29 is 18.4 Å². The summed E-state index contributed by atoms with van der Waals surface area (Å²) in [4.78, 5) is 2.34. The molecule has 152 valence electrons. The van der Waals surface area contributed by atoms with E-state index >= 15 is 0 Å². The largest absolute Gasteiger partial charge is 0.491 e. The van der Waals surface area contributed by atoms with E-state index in [2.05, 4.69) is 27.5 Å². The van der Waals surface area contributed by atoms with Crippen molar-refractivity contribution in [3.8, 4) is 5.75 Å². The molecule has 1 N–H and O–H groups in total. The Labute approximate surface area is 169 Å². The van der Waals surface area contributed by atoms with Crippen LogP contribution >= 0.6 is 0 Å². The number of benzene rings is 2. The van der Waals surface area contributed by atoms with Crippen molar-refractivity contribution in [1.29, 1.82) is 0 Å². The van der Waals surface area contributed by atoms with Crippen molar-refractivity contribution in [3.63, 3.8) is 0 Å². The molecule has 0 fully saturated rings. The standard InChI is InChI=1S/C22H24FN3O3/c1-27-10-11-28-19-7-2-4-16(12-19)14-26-9-8-21-20(15-26)22(25-29-21)24-18-6-3-5-17(23)13-18/h2-7,12-13H,8-11,14-15H2,1H3,(H,24,25). The average Bonchev–Trinajstić information content (AvgIpc) is 3.11. The second kappa shape index (κ2) is 9.07. The Morgan fingerprint density at radius 2 is 2.07 bits per heavy atom. The van der Waals surface area contributed by atoms with E-state index in [-0.39, 0.29) is 5.82 Å². The first-order valence-corrected chi connectivity index (χ1v) is 9.64. The number of rotatable bonds is 8. The maximum atomic E-state index is 13.5. The molecular weight excluding hydrogens is 373 g/mol. The summed E-state index contributed by atoms with van der Waals surface area (Å²) in [6.07, 6.45) is 0.789. The minimum Gasteiger partial charge on any atom is -0.491 e. The van der Waals surface area contributed by atoms with Crippen LogP contribution in [-0.4, -0.2) is 36.9 Å². The Balaban J connectivity index is 1.42. The lowest BCUT2D eigenvalue weighted by Crippen LogP contribution is -2.29. The molecule has 29 heavy (non-hydrogen) atoms. The number of aromatic nitrogens is 1. The van der Waals surface area contributed by atoms with Crippen molar-refractivity contribution in [1.82, 2.24) is 10.1 Å². The first-order valence-electron chi connectivity index (χ1n) is 9.64. The number of hydrogen-bond donors (Lipinski definition) is 1. The van der Waals surface area contributed by atoms with Gasteiger partial charge in [-0.1, -0.05) is 23.4 Å². The van der Waals surface area contributed by atoms with Crippen LogP contribution in [0.5, 0.6) is 5.75 Å². The molecule has 2 heterocycles. The number of hydrogen-bond acceptors (Lipinski definition) is 6. The number of nitrogens with zero attached hydrogens (tertiary/aromatic N) is 2. The Bertz CT molecular complexity index is 960. The van der Waals surface area contributed by atoms with Gasteiger partial charge in [-0.3, -0.25) is 4.90 Å². The molecule has 6 nitrogen and oxygen atoms in total. The van der Waals surface area contributed by atoms with Crippen LogP contribution in [-0.2, 0) is 24.2 Å². The highest BCUT2D eigenvalue weighted by Gasteiger charge is 2.24. The molecule has 0 bridgehead atoms. The van der Waals surface area contributed by atoms with Gasteiger partial charge in [-0.05, 0) is 35.9 Å². The summed E-state index contributed by atoms with van der Waals surface area (Å²) >= 11 is 0. The highest BCUT2D eigenvalue weighted by atomic mass is 19.1. The maximum Gasteiger partial charge on any atom is 0.178 e. The lowest BCUT2D eigenvalue weighted by molar-refractivity contribution is 0.146. The van der Waals surface area contributed by atoms with Crippen LogP contribution in [0.25, 0.3) is 0 Å². The molecular formula is C22H24FN3O3. The maximum absolute atomic E-state index is 13.5. The molecule has 1 aromatic heterocycles. The molecule has 0 radical (unpaired) electrons. The summed E-state index contributed by atoms with van der Waals surface area (Å²) < 4.78 is 29.7. The number of fused-ring (bicyclic) bond motifs is 1. The molecule has 0 atom stereocenters. The number of nitrogens with one attached hydrogen (secondary N) is 1. The minimum absolute atomic E-state index is 0.290. The van der Waals surface area contributed by atoms with Crippen molar-refractivity contribution in [2.75, 3.05) is 32.2 Å². The molecule has 2 aromatic carbocycles. The molecule has 1 aliphatic rings. The molecule has 1 aliphatic heterocycles. The fourth-order valence-electron chi connectivity index (χ4n) is 3.44. The van der Waals surface area contributed by atoms with E-state index in [1.807, 2.05) is 12.1 Å². The molecule has 0 saturated carbocycles. The fraction of sp³-hybridized carbons (Fsp3) is 0.318. The average molecular weight is 397 g/mol. The molecule has 0 unspecified atom stereocenters. The Morgan fingerprint density at radius 1 is 1.17 bits per heavy atom. The zero-order valence-electron chi connectivity index (χ0n) is 16.4. The molecule has 3 aromatic rings. The smallest absolute Gasteiger partial charge is 0.178 e. The summed E-state index contributed by atoms with van der Waals surface area (Å²) in [6, 6.07) is 14.4. The molecule has 0 aliphatic carbocycles. The van der Waals surface area contributed by atoms with E-state index in [1.54, 1.807) is 19.2 Å². The van der Waals surface area contributed by atoms with Gasteiger partial charge >= 0.3 is 0 Å². The van der Waals surface area contributed by atoms with E-state index in [0.29, 0.717) is 31.3 Å². The van der Waals surface area contributed by atoms with Crippen molar-refractivity contribution >= 4 is 11.5 Å². The first-order chi connectivity index (χ1) is 14.2. The SMILES string of the molecule is COCCOc1cccc(CN2CCc3onc(Nc4cccc(F)c4)c3C2)c1. The number of methoxy groups -OCH3 is 1. The van der Waals surface area contributed by atoms with Crippen LogP contribution in [0.3, 0.4) is 0 Å². The second-order valence-corrected chi connectivity index (χ2v) is 7.02. The number of halogens is 1. The first kappa shape index (κ1) is 19.4. The van der Waals surface area contributed by atoms with Gasteiger partial charge in [0.1, 0.15) is 23.9 Å². The quantitative estimate of drug-likeness (QED) is 0.577. The van der Waals surface area contributed by atoms with E-state index in [0.717, 1.165) is 36.6 Å². The highest BCUT2D eigenvalue weighted by Crippen LogP contribution is 2.29. The minimum atomic E-state index is -0.290. The fourth-order valence-corrected chi connectivity index (χ4v) is 3.44. The van der Waals surface area contributed by atoms with Crippen LogP contribution in [0.15, 0.2) is 53.1 Å². The predicted octanol–water partition coefficient (Wildman–Crippen LogP) is 4.14. The van der Waals surface area contributed by atoms with Gasteiger partial charge in [-0.2, -0.15) is 0 Å². The Kier molecular flexibility index (Phi) is 6.07. The monoisotopic (exact) mass is 397 g/mol. The van der Waals surface area contributed by atoms with Crippen LogP contribution < -0.4 is 10.1 Å². The van der Waals surface area contributed by atoms with Gasteiger partial charge in [0, 0.05) is 38.9 Å². The third-order valence-corrected chi connectivity index (χ3v) is 4.85. The lowest BCUT2D eigenvalue weighted by Gasteiger charge is -2.26. The molecule has 0 spiro atoms. The highest BCUT2D eigenvalue weighted by molar-refractivity contribution is 5.60. The Morgan fingerprint density at radius 3 is 2.93 bits per heavy atom. The van der Waals surface area contributed by atoms with E-state index < -0.39 is 0 Å². The summed E-state index contributed by atoms with van der Waals surface area (Å²) in [5.74, 6) is 2.08. The van der Waals surface area contributed by atoms with E-state index in [4.69, 9.17) is 14.0 Å².